The van der Waals surface area contributed by atoms with Crippen LogP contribution < -0.4 is 9.47 Å². The van der Waals surface area contributed by atoms with E-state index < -0.39 is 17.8 Å². The number of benzene rings is 1. The second-order valence-corrected chi connectivity index (χ2v) is 8.17. The minimum absolute atomic E-state index is 0.119. The number of esters is 1. The minimum atomic E-state index is -0.697. The molecule has 2 rings (SSSR count). The average Bonchev–Trinajstić information content (AvgIpc) is 2.82. The Balaban J connectivity index is 2.28. The predicted octanol–water partition coefficient (Wildman–Crippen LogP) is 4.59. The number of carbonyl (C=O) groups excluding carboxylic acids is 3. The second-order valence-electron chi connectivity index (χ2n) is 8.17. The molecule has 1 aromatic rings. The number of rotatable bonds is 13. The number of unbranched alkanes of at least 4 members (excludes halogenated alkanes) is 4. The van der Waals surface area contributed by atoms with Gasteiger partial charge in [-0.15, -0.1) is 0 Å². The molecular formula is C27H34N2O6. The molecule has 0 atom stereocenters. The Kier molecular flexibility index (Phi) is 11.0. The van der Waals surface area contributed by atoms with Crippen LogP contribution in [0.25, 0.3) is 6.08 Å². The van der Waals surface area contributed by atoms with Gasteiger partial charge in [0.05, 0.1) is 19.8 Å². The summed E-state index contributed by atoms with van der Waals surface area (Å²) >= 11 is 0. The molecule has 0 aliphatic carbocycles. The summed E-state index contributed by atoms with van der Waals surface area (Å²) < 4.78 is 16.6. The molecule has 2 amide bonds. The highest BCUT2D eigenvalue weighted by atomic mass is 16.5. The Bertz CT molecular complexity index is 1030. The van der Waals surface area contributed by atoms with Crippen LogP contribution in [0.15, 0.2) is 34.9 Å². The van der Waals surface area contributed by atoms with E-state index in [4.69, 9.17) is 14.2 Å². The molecule has 0 saturated carbocycles. The van der Waals surface area contributed by atoms with Gasteiger partial charge < -0.3 is 14.2 Å². The van der Waals surface area contributed by atoms with Crippen LogP contribution >= 0.6 is 0 Å². The summed E-state index contributed by atoms with van der Waals surface area (Å²) in [6, 6.07) is 7.26. The molecule has 0 spiro atoms. The van der Waals surface area contributed by atoms with Crippen molar-refractivity contribution in [3.05, 3.63) is 40.5 Å². The molecule has 1 heterocycles. The molecule has 0 unspecified atom stereocenters. The van der Waals surface area contributed by atoms with Crippen LogP contribution in [0.1, 0.15) is 65.4 Å². The summed E-state index contributed by atoms with van der Waals surface area (Å²) in [7, 11) is 0. The monoisotopic (exact) mass is 482 g/mol. The number of imide groups is 1. The number of nitrogens with zero attached hydrogens (tertiary/aromatic N) is 2. The molecule has 1 aliphatic rings. The van der Waals surface area contributed by atoms with Gasteiger partial charge in [-0.25, -0.2) is 0 Å². The van der Waals surface area contributed by atoms with Crippen molar-refractivity contribution in [3.8, 4) is 17.6 Å². The zero-order chi connectivity index (χ0) is 25.8. The Hall–Kier alpha value is -3.60. The van der Waals surface area contributed by atoms with Crippen LogP contribution in [0.3, 0.4) is 0 Å². The zero-order valence-corrected chi connectivity index (χ0v) is 21.0. The third-order valence-electron chi connectivity index (χ3n) is 5.53. The fourth-order valence-corrected chi connectivity index (χ4v) is 3.67. The molecule has 1 aromatic carbocycles. The van der Waals surface area contributed by atoms with Gasteiger partial charge in [-0.2, -0.15) is 5.26 Å². The lowest BCUT2D eigenvalue weighted by atomic mass is 9.93. The second kappa shape index (κ2) is 14.0. The van der Waals surface area contributed by atoms with Crippen LogP contribution in [0.2, 0.25) is 0 Å². The molecule has 0 fully saturated rings. The fourth-order valence-electron chi connectivity index (χ4n) is 3.67. The van der Waals surface area contributed by atoms with Crippen molar-refractivity contribution < 1.29 is 28.6 Å². The van der Waals surface area contributed by atoms with Crippen molar-refractivity contribution in [3.63, 3.8) is 0 Å². The smallest absolute Gasteiger partial charge is 0.302 e. The Morgan fingerprint density at radius 1 is 1.03 bits per heavy atom. The van der Waals surface area contributed by atoms with Crippen LogP contribution in [-0.4, -0.2) is 49.0 Å². The highest BCUT2D eigenvalue weighted by Crippen LogP contribution is 2.32. The Morgan fingerprint density at radius 2 is 1.77 bits per heavy atom. The van der Waals surface area contributed by atoms with E-state index in [2.05, 4.69) is 6.92 Å². The maximum absolute atomic E-state index is 13.1. The van der Waals surface area contributed by atoms with Gasteiger partial charge in [0, 0.05) is 12.5 Å². The van der Waals surface area contributed by atoms with Crippen molar-refractivity contribution in [1.29, 1.82) is 5.26 Å². The van der Waals surface area contributed by atoms with Crippen LogP contribution in [0.5, 0.6) is 11.5 Å². The van der Waals surface area contributed by atoms with Crippen LogP contribution in [0, 0.1) is 11.3 Å². The minimum Gasteiger partial charge on any atom is -0.490 e. The molecule has 0 bridgehead atoms. The number of ether oxygens (including phenoxy) is 3. The molecule has 8 heteroatoms. The van der Waals surface area contributed by atoms with Gasteiger partial charge in [0.15, 0.2) is 11.5 Å². The van der Waals surface area contributed by atoms with E-state index in [1.807, 2.05) is 13.0 Å². The van der Waals surface area contributed by atoms with Crippen LogP contribution in [0.4, 0.5) is 0 Å². The molecule has 1 aliphatic heterocycles. The summed E-state index contributed by atoms with van der Waals surface area (Å²) in [5.41, 5.74) is 1.07. The maximum atomic E-state index is 13.1. The number of amides is 2. The molecule has 0 radical (unpaired) electrons. The number of carbonyl (C=O) groups is 3. The Morgan fingerprint density at radius 3 is 2.43 bits per heavy atom. The summed E-state index contributed by atoms with van der Waals surface area (Å²) in [4.78, 5) is 37.7. The first-order valence-electron chi connectivity index (χ1n) is 12.1. The van der Waals surface area contributed by atoms with Crippen molar-refractivity contribution in [1.82, 2.24) is 4.90 Å². The van der Waals surface area contributed by atoms with E-state index in [0.29, 0.717) is 35.8 Å². The van der Waals surface area contributed by atoms with Gasteiger partial charge in [-0.05, 0) is 49.6 Å². The van der Waals surface area contributed by atoms with Gasteiger partial charge in [0.1, 0.15) is 18.2 Å². The molecule has 0 saturated heterocycles. The lowest BCUT2D eigenvalue weighted by molar-refractivity contribution is -0.147. The largest absolute Gasteiger partial charge is 0.490 e. The SMILES string of the molecule is CCCCCCCOc1ccc(/C=C2/C(=O)N(CCOC(C)=O)C(=O)C(C#N)=C2C)cc1OCC. The van der Waals surface area contributed by atoms with Gasteiger partial charge in [-0.1, -0.05) is 38.7 Å². The van der Waals surface area contributed by atoms with E-state index in [0.717, 1.165) is 17.7 Å². The van der Waals surface area contributed by atoms with Crippen LogP contribution in [-0.2, 0) is 19.1 Å². The first kappa shape index (κ1) is 27.6. The van der Waals surface area contributed by atoms with Crippen molar-refractivity contribution in [2.24, 2.45) is 0 Å². The third-order valence-corrected chi connectivity index (χ3v) is 5.53. The standard InChI is InChI=1S/C27H34N2O6/c1-5-7-8-9-10-14-35-24-12-11-21(17-25(24)33-6-2)16-22-19(3)23(18-28)27(32)29(26(22)31)13-15-34-20(4)30/h11-12,16-17H,5-10,13-15H2,1-4H3/b22-16+. The third kappa shape index (κ3) is 7.71. The zero-order valence-electron chi connectivity index (χ0n) is 21.0. The topological polar surface area (TPSA) is 106 Å². The van der Waals surface area contributed by atoms with E-state index in [9.17, 15) is 19.6 Å². The van der Waals surface area contributed by atoms with E-state index in [-0.39, 0.29) is 24.3 Å². The van der Waals surface area contributed by atoms with Gasteiger partial charge in [-0.3, -0.25) is 19.3 Å². The molecular weight excluding hydrogens is 448 g/mol. The molecule has 8 nitrogen and oxygen atoms in total. The number of hydrogen-bond donors (Lipinski definition) is 0. The maximum Gasteiger partial charge on any atom is 0.302 e. The van der Waals surface area contributed by atoms with Gasteiger partial charge in [0.25, 0.3) is 11.8 Å². The van der Waals surface area contributed by atoms with Gasteiger partial charge >= 0.3 is 5.97 Å². The molecule has 0 N–H and O–H groups in total. The highest BCUT2D eigenvalue weighted by molar-refractivity contribution is 6.19. The molecule has 35 heavy (non-hydrogen) atoms. The van der Waals surface area contributed by atoms with Crippen molar-refractivity contribution >= 4 is 23.9 Å². The Labute approximate surface area is 207 Å². The normalized spacial score (nSPS) is 14.8. The summed E-state index contributed by atoms with van der Waals surface area (Å²) in [5, 5.41) is 9.52. The summed E-state index contributed by atoms with van der Waals surface area (Å²) in [6.45, 7) is 7.63. The van der Waals surface area contributed by atoms with E-state index in [1.165, 1.54) is 26.2 Å². The van der Waals surface area contributed by atoms with Crippen molar-refractivity contribution in [2.45, 2.75) is 59.8 Å². The van der Waals surface area contributed by atoms with Crippen molar-refractivity contribution in [2.75, 3.05) is 26.4 Å². The lowest BCUT2D eigenvalue weighted by Gasteiger charge is -2.27. The first-order valence-corrected chi connectivity index (χ1v) is 12.1. The molecule has 188 valence electrons. The summed E-state index contributed by atoms with van der Waals surface area (Å²) in [6.07, 6.45) is 7.31. The van der Waals surface area contributed by atoms with E-state index in [1.54, 1.807) is 31.2 Å². The predicted molar refractivity (Wildman–Crippen MR) is 132 cm³/mol. The van der Waals surface area contributed by atoms with E-state index >= 15 is 0 Å². The average molecular weight is 483 g/mol. The quantitative estimate of drug-likeness (QED) is 0.175. The number of nitriles is 1. The fraction of sp³-hybridized carbons (Fsp3) is 0.481. The number of hydrogen-bond acceptors (Lipinski definition) is 7. The highest BCUT2D eigenvalue weighted by Gasteiger charge is 2.35. The molecule has 0 aromatic heterocycles. The van der Waals surface area contributed by atoms with Gasteiger partial charge in [0.2, 0.25) is 0 Å². The summed E-state index contributed by atoms with van der Waals surface area (Å²) in [5.74, 6) is -0.580. The first-order chi connectivity index (χ1) is 16.8. The lowest BCUT2D eigenvalue weighted by Crippen LogP contribution is -2.44.